The van der Waals surface area contributed by atoms with Gasteiger partial charge in [0.15, 0.2) is 0 Å². The van der Waals surface area contributed by atoms with Crippen molar-refractivity contribution in [2.75, 3.05) is 0 Å². The number of carbonyl (C=O) groups excluding carboxylic acids is 1. The molecule has 1 heterocycles. The summed E-state index contributed by atoms with van der Waals surface area (Å²) >= 11 is 0. The highest BCUT2D eigenvalue weighted by Crippen LogP contribution is 2.34. The van der Waals surface area contributed by atoms with Gasteiger partial charge in [-0.1, -0.05) is 0 Å². The maximum absolute atomic E-state index is 10.7. The van der Waals surface area contributed by atoms with E-state index in [1.54, 1.807) is 0 Å². The van der Waals surface area contributed by atoms with E-state index in [4.69, 9.17) is 4.74 Å². The lowest BCUT2D eigenvalue weighted by Gasteiger charge is -2.17. The zero-order valence-corrected chi connectivity index (χ0v) is 5.30. The Kier molecular flexibility index (Phi) is 1.01. The molecule has 50 valence electrons. The third-order valence-corrected chi connectivity index (χ3v) is 2.25. The number of hydrogen-bond acceptors (Lipinski definition) is 2. The van der Waals surface area contributed by atoms with E-state index < -0.39 is 0 Å². The number of carbonyl (C=O) groups is 1. The maximum Gasteiger partial charge on any atom is 0.306 e. The molecule has 1 saturated carbocycles. The van der Waals surface area contributed by atoms with E-state index in [2.05, 4.69) is 0 Å². The van der Waals surface area contributed by atoms with E-state index in [-0.39, 0.29) is 12.1 Å². The van der Waals surface area contributed by atoms with Crippen molar-refractivity contribution in [2.45, 2.75) is 31.8 Å². The molecule has 2 bridgehead atoms. The van der Waals surface area contributed by atoms with Gasteiger partial charge in [0.1, 0.15) is 6.10 Å². The number of fused-ring (bicyclic) bond motifs is 2. The van der Waals surface area contributed by atoms with Crippen molar-refractivity contribution in [3.05, 3.63) is 0 Å². The monoisotopic (exact) mass is 126 g/mol. The maximum atomic E-state index is 10.7. The van der Waals surface area contributed by atoms with Crippen LogP contribution in [0.4, 0.5) is 0 Å². The first-order valence-corrected chi connectivity index (χ1v) is 3.54. The number of esters is 1. The first kappa shape index (κ1) is 5.27. The topological polar surface area (TPSA) is 26.3 Å². The van der Waals surface area contributed by atoms with Crippen LogP contribution in [0.25, 0.3) is 0 Å². The minimum absolute atomic E-state index is 0.0220. The van der Waals surface area contributed by atoms with Crippen molar-refractivity contribution in [2.24, 2.45) is 5.92 Å². The van der Waals surface area contributed by atoms with Gasteiger partial charge in [0.2, 0.25) is 0 Å². The third kappa shape index (κ3) is 0.824. The van der Waals surface area contributed by atoms with Gasteiger partial charge in [-0.15, -0.1) is 0 Å². The minimum atomic E-state index is 0.0220. The quantitative estimate of drug-likeness (QED) is 0.454. The van der Waals surface area contributed by atoms with Crippen LogP contribution in [0.5, 0.6) is 0 Å². The van der Waals surface area contributed by atoms with Crippen LogP contribution in [0.2, 0.25) is 0 Å². The van der Waals surface area contributed by atoms with E-state index in [1.807, 2.05) is 0 Å². The van der Waals surface area contributed by atoms with Gasteiger partial charge in [0.25, 0.3) is 0 Å². The van der Waals surface area contributed by atoms with Crippen LogP contribution in [0.3, 0.4) is 0 Å². The molecule has 2 heteroatoms. The molecule has 0 spiro atoms. The van der Waals surface area contributed by atoms with E-state index in [0.717, 1.165) is 12.8 Å². The van der Waals surface area contributed by atoms with E-state index in [0.29, 0.717) is 12.3 Å². The second-order valence-corrected chi connectivity index (χ2v) is 3.00. The Balaban J connectivity index is 2.11. The van der Waals surface area contributed by atoms with E-state index in [9.17, 15) is 4.79 Å². The fourth-order valence-corrected chi connectivity index (χ4v) is 1.79. The molecule has 1 saturated heterocycles. The molecule has 2 atom stereocenters. The van der Waals surface area contributed by atoms with E-state index in [1.165, 1.54) is 6.42 Å². The van der Waals surface area contributed by atoms with E-state index >= 15 is 0 Å². The summed E-state index contributed by atoms with van der Waals surface area (Å²) in [7, 11) is 0. The standard InChI is InChI=1S/C7H10O2/c8-7-4-5-1-2-6(3-5)9-7/h5-6H,1-4H2. The largest absolute Gasteiger partial charge is 0.462 e. The predicted octanol–water partition coefficient (Wildman–Crippen LogP) is 1.10. The molecule has 9 heavy (non-hydrogen) atoms. The van der Waals surface area contributed by atoms with Gasteiger partial charge in [-0.3, -0.25) is 4.79 Å². The molecule has 2 aliphatic rings. The summed E-state index contributed by atoms with van der Waals surface area (Å²) in [5.74, 6) is 0.685. The van der Waals surface area contributed by atoms with Crippen molar-refractivity contribution >= 4 is 5.97 Å². The lowest BCUT2D eigenvalue weighted by Crippen LogP contribution is -2.21. The van der Waals surface area contributed by atoms with Crippen LogP contribution < -0.4 is 0 Å². The zero-order valence-electron chi connectivity index (χ0n) is 5.30. The van der Waals surface area contributed by atoms with Gasteiger partial charge in [-0.05, 0) is 25.2 Å². The number of hydrogen-bond donors (Lipinski definition) is 0. The molecule has 0 amide bonds. The summed E-state index contributed by atoms with van der Waals surface area (Å²) in [5, 5.41) is 0. The Labute approximate surface area is 54.2 Å². The Morgan fingerprint density at radius 2 is 2.33 bits per heavy atom. The van der Waals surface area contributed by atoms with Crippen LogP contribution in [-0.2, 0) is 9.53 Å². The minimum Gasteiger partial charge on any atom is -0.462 e. The lowest BCUT2D eigenvalue weighted by molar-refractivity contribution is -0.152. The highest BCUT2D eigenvalue weighted by atomic mass is 16.5. The van der Waals surface area contributed by atoms with Crippen LogP contribution >= 0.6 is 0 Å². The second-order valence-electron chi connectivity index (χ2n) is 3.00. The van der Waals surface area contributed by atoms with Crippen LogP contribution in [0.1, 0.15) is 25.7 Å². The van der Waals surface area contributed by atoms with Crippen molar-refractivity contribution in [1.29, 1.82) is 0 Å². The summed E-state index contributed by atoms with van der Waals surface area (Å²) in [4.78, 5) is 10.7. The normalized spacial score (nSPS) is 40.7. The highest BCUT2D eigenvalue weighted by Gasteiger charge is 2.34. The van der Waals surface area contributed by atoms with Crippen LogP contribution in [0, 0.1) is 5.92 Å². The van der Waals surface area contributed by atoms with Gasteiger partial charge in [0.05, 0.1) is 0 Å². The highest BCUT2D eigenvalue weighted by molar-refractivity contribution is 5.70. The summed E-state index contributed by atoms with van der Waals surface area (Å²) in [5.41, 5.74) is 0. The molecule has 2 fully saturated rings. The first-order chi connectivity index (χ1) is 4.34. The molecule has 1 aliphatic heterocycles. The molecule has 2 rings (SSSR count). The molecular weight excluding hydrogens is 116 g/mol. The summed E-state index contributed by atoms with van der Waals surface area (Å²) in [6.45, 7) is 0. The predicted molar refractivity (Wildman–Crippen MR) is 31.8 cm³/mol. The number of rotatable bonds is 0. The lowest BCUT2D eigenvalue weighted by atomic mass is 10.0. The molecule has 0 aromatic rings. The zero-order chi connectivity index (χ0) is 6.27. The summed E-state index contributed by atoms with van der Waals surface area (Å²) in [6, 6.07) is 0. The summed E-state index contributed by atoms with van der Waals surface area (Å²) < 4.78 is 5.04. The molecule has 0 N–H and O–H groups in total. The van der Waals surface area contributed by atoms with Gasteiger partial charge in [-0.2, -0.15) is 0 Å². The SMILES string of the molecule is O=C1CC2CCC(C2)O1. The average molecular weight is 126 g/mol. The Bertz CT molecular complexity index is 128. The van der Waals surface area contributed by atoms with Crippen molar-refractivity contribution in [3.63, 3.8) is 0 Å². The van der Waals surface area contributed by atoms with Gasteiger partial charge in [0, 0.05) is 6.42 Å². The Hall–Kier alpha value is -0.530. The molecule has 0 aromatic carbocycles. The third-order valence-electron chi connectivity index (χ3n) is 2.25. The fraction of sp³-hybridized carbons (Fsp3) is 0.857. The molecule has 2 nitrogen and oxygen atoms in total. The molecular formula is C7H10O2. The molecule has 2 unspecified atom stereocenters. The van der Waals surface area contributed by atoms with Crippen molar-refractivity contribution < 1.29 is 9.53 Å². The van der Waals surface area contributed by atoms with Crippen molar-refractivity contribution in [1.82, 2.24) is 0 Å². The molecule has 0 aromatic heterocycles. The summed E-state index contributed by atoms with van der Waals surface area (Å²) in [6.07, 6.45) is 4.41. The molecule has 1 aliphatic carbocycles. The van der Waals surface area contributed by atoms with Gasteiger partial charge >= 0.3 is 5.97 Å². The van der Waals surface area contributed by atoms with Crippen LogP contribution in [0.15, 0.2) is 0 Å². The van der Waals surface area contributed by atoms with Gasteiger partial charge < -0.3 is 4.74 Å². The Morgan fingerprint density at radius 1 is 1.44 bits per heavy atom. The second kappa shape index (κ2) is 1.72. The Morgan fingerprint density at radius 3 is 3.11 bits per heavy atom. The fourth-order valence-electron chi connectivity index (χ4n) is 1.79. The first-order valence-electron chi connectivity index (χ1n) is 3.54. The number of ether oxygens (including phenoxy) is 1. The van der Waals surface area contributed by atoms with Crippen LogP contribution in [-0.4, -0.2) is 12.1 Å². The average Bonchev–Trinajstić information content (AvgIpc) is 2.11. The molecule has 0 radical (unpaired) electrons. The smallest absolute Gasteiger partial charge is 0.306 e. The van der Waals surface area contributed by atoms with Gasteiger partial charge in [-0.25, -0.2) is 0 Å². The van der Waals surface area contributed by atoms with Crippen molar-refractivity contribution in [3.8, 4) is 0 Å².